The van der Waals surface area contributed by atoms with Crippen LogP contribution in [0.4, 0.5) is 0 Å². The van der Waals surface area contributed by atoms with E-state index in [2.05, 4.69) is 13.8 Å². The maximum atomic E-state index is 11.9. The molecule has 8 atom stereocenters. The van der Waals surface area contributed by atoms with Gasteiger partial charge in [0.05, 0.1) is 12.2 Å². The highest BCUT2D eigenvalue weighted by molar-refractivity contribution is 5.91. The van der Waals surface area contributed by atoms with Crippen molar-refractivity contribution in [2.45, 2.75) is 64.4 Å². The standard InChI is InChI=1S/C21H30O3/c1-12-7-13-8-15(23)3-4-16(13)17-5-6-19(2)20(24,11-22)9-14-10-21(14,19)18(12)17/h8,12,14,16-18,22,24H,3-7,9-11H2,1-2H3/t12-,14-,16+,17-,18-,19-,20+,21-/m1/s1. The van der Waals surface area contributed by atoms with E-state index in [-0.39, 0.29) is 17.4 Å². The largest absolute Gasteiger partial charge is 0.393 e. The van der Waals surface area contributed by atoms with Gasteiger partial charge in [-0.2, -0.15) is 0 Å². The Balaban J connectivity index is 1.57. The third-order valence-corrected chi connectivity index (χ3v) is 9.30. The molecule has 0 aliphatic heterocycles. The van der Waals surface area contributed by atoms with Crippen LogP contribution in [0.5, 0.6) is 0 Å². The number of hydrogen-bond donors (Lipinski definition) is 2. The van der Waals surface area contributed by atoms with Crippen LogP contribution in [0.2, 0.25) is 0 Å². The van der Waals surface area contributed by atoms with Gasteiger partial charge in [-0.1, -0.05) is 19.4 Å². The second-order valence-electron chi connectivity index (χ2n) is 9.91. The molecule has 3 heteroatoms. The number of carbonyl (C=O) groups is 1. The van der Waals surface area contributed by atoms with Crippen LogP contribution in [0, 0.1) is 40.4 Å². The molecule has 24 heavy (non-hydrogen) atoms. The van der Waals surface area contributed by atoms with Crippen molar-refractivity contribution in [3.63, 3.8) is 0 Å². The van der Waals surface area contributed by atoms with E-state index in [0.29, 0.717) is 35.4 Å². The van der Waals surface area contributed by atoms with Gasteiger partial charge in [0.1, 0.15) is 0 Å². The van der Waals surface area contributed by atoms with Crippen molar-refractivity contribution in [2.24, 2.45) is 40.4 Å². The van der Waals surface area contributed by atoms with Gasteiger partial charge in [0.25, 0.3) is 0 Å². The molecule has 5 rings (SSSR count). The van der Waals surface area contributed by atoms with Gasteiger partial charge in [0.2, 0.25) is 0 Å². The fourth-order valence-corrected chi connectivity index (χ4v) is 8.29. The number of aliphatic hydroxyl groups excluding tert-OH is 1. The quantitative estimate of drug-likeness (QED) is 0.777. The van der Waals surface area contributed by atoms with E-state index in [4.69, 9.17) is 0 Å². The third kappa shape index (κ3) is 1.55. The Morgan fingerprint density at radius 3 is 2.83 bits per heavy atom. The molecule has 0 bridgehead atoms. The predicted molar refractivity (Wildman–Crippen MR) is 91.1 cm³/mol. The van der Waals surface area contributed by atoms with E-state index < -0.39 is 5.60 Å². The summed E-state index contributed by atoms with van der Waals surface area (Å²) in [5, 5.41) is 21.1. The molecule has 2 N–H and O–H groups in total. The highest BCUT2D eigenvalue weighted by atomic mass is 16.3. The van der Waals surface area contributed by atoms with Crippen LogP contribution < -0.4 is 0 Å². The lowest BCUT2D eigenvalue weighted by Gasteiger charge is -2.59. The molecule has 0 unspecified atom stereocenters. The van der Waals surface area contributed by atoms with Crippen molar-refractivity contribution in [3.8, 4) is 0 Å². The molecule has 5 aliphatic carbocycles. The molecule has 0 aromatic carbocycles. The first kappa shape index (κ1) is 15.6. The molecule has 0 saturated heterocycles. The van der Waals surface area contributed by atoms with Crippen molar-refractivity contribution in [3.05, 3.63) is 11.6 Å². The lowest BCUT2D eigenvalue weighted by molar-refractivity contribution is -0.169. The van der Waals surface area contributed by atoms with Crippen molar-refractivity contribution < 1.29 is 15.0 Å². The Kier molecular flexibility index (Phi) is 2.94. The Labute approximate surface area is 144 Å². The summed E-state index contributed by atoms with van der Waals surface area (Å²) < 4.78 is 0. The smallest absolute Gasteiger partial charge is 0.155 e. The fourth-order valence-electron chi connectivity index (χ4n) is 8.29. The molecule has 0 radical (unpaired) electrons. The van der Waals surface area contributed by atoms with E-state index in [1.165, 1.54) is 12.0 Å². The Hall–Kier alpha value is -0.670. The minimum Gasteiger partial charge on any atom is -0.393 e. The van der Waals surface area contributed by atoms with Crippen molar-refractivity contribution in [2.75, 3.05) is 6.61 Å². The summed E-state index contributed by atoms with van der Waals surface area (Å²) in [6.07, 6.45) is 9.03. The maximum absolute atomic E-state index is 11.9. The predicted octanol–water partition coefficient (Wildman–Crippen LogP) is 3.10. The lowest BCUT2D eigenvalue weighted by Crippen LogP contribution is -2.58. The van der Waals surface area contributed by atoms with Gasteiger partial charge in [0.15, 0.2) is 5.78 Å². The van der Waals surface area contributed by atoms with Gasteiger partial charge in [0, 0.05) is 11.8 Å². The normalized spacial score (nSPS) is 58.2. The van der Waals surface area contributed by atoms with Gasteiger partial charge >= 0.3 is 0 Å². The molecule has 132 valence electrons. The van der Waals surface area contributed by atoms with E-state index in [9.17, 15) is 15.0 Å². The summed E-state index contributed by atoms with van der Waals surface area (Å²) in [5.41, 5.74) is 0.673. The van der Waals surface area contributed by atoms with Crippen LogP contribution in [0.15, 0.2) is 11.6 Å². The van der Waals surface area contributed by atoms with E-state index >= 15 is 0 Å². The number of aliphatic hydroxyl groups is 2. The van der Waals surface area contributed by atoms with Gasteiger partial charge in [-0.3, -0.25) is 4.79 Å². The molecular weight excluding hydrogens is 300 g/mol. The van der Waals surface area contributed by atoms with Crippen molar-refractivity contribution in [1.29, 1.82) is 0 Å². The zero-order chi connectivity index (χ0) is 16.9. The molecule has 3 nitrogen and oxygen atoms in total. The molecule has 0 aromatic heterocycles. The number of rotatable bonds is 1. The lowest BCUT2D eigenvalue weighted by atomic mass is 9.46. The first-order valence-corrected chi connectivity index (χ1v) is 9.93. The Morgan fingerprint density at radius 2 is 2.08 bits per heavy atom. The molecule has 5 aliphatic rings. The second-order valence-corrected chi connectivity index (χ2v) is 9.91. The monoisotopic (exact) mass is 330 g/mol. The zero-order valence-corrected chi connectivity index (χ0v) is 14.9. The number of fused-ring (bicyclic) bond motifs is 3. The number of carbonyl (C=O) groups excluding carboxylic acids is 1. The Bertz CT molecular complexity index is 639. The SMILES string of the molecule is C[C@@H]1CC2=CC(=O)CC[C@@H]2[C@H]2CC[C@]3(C)[C@@](O)(CO)C[C@@H]4C[C@]43[C@@H]21. The molecule has 4 fully saturated rings. The van der Waals surface area contributed by atoms with E-state index in [1.54, 1.807) is 0 Å². The molecule has 0 heterocycles. The topological polar surface area (TPSA) is 57.5 Å². The van der Waals surface area contributed by atoms with E-state index in [0.717, 1.165) is 38.5 Å². The molecule has 0 amide bonds. The first-order valence-electron chi connectivity index (χ1n) is 9.93. The van der Waals surface area contributed by atoms with Crippen LogP contribution in [-0.4, -0.2) is 28.2 Å². The molecule has 4 saturated carbocycles. The highest BCUT2D eigenvalue weighted by Gasteiger charge is 2.81. The van der Waals surface area contributed by atoms with Crippen LogP contribution >= 0.6 is 0 Å². The minimum absolute atomic E-state index is 0.0867. The first-order chi connectivity index (χ1) is 11.4. The Morgan fingerprint density at radius 1 is 1.29 bits per heavy atom. The molecule has 1 spiro atoms. The second kappa shape index (κ2) is 4.54. The van der Waals surface area contributed by atoms with Crippen LogP contribution in [-0.2, 0) is 4.79 Å². The van der Waals surface area contributed by atoms with E-state index in [1.807, 2.05) is 6.08 Å². The summed E-state index contributed by atoms with van der Waals surface area (Å²) in [6.45, 7) is 4.56. The summed E-state index contributed by atoms with van der Waals surface area (Å²) in [6, 6.07) is 0. The van der Waals surface area contributed by atoms with Crippen LogP contribution in [0.25, 0.3) is 0 Å². The number of allylic oxidation sites excluding steroid dienone is 1. The summed E-state index contributed by atoms with van der Waals surface area (Å²) in [7, 11) is 0. The number of hydrogen-bond acceptors (Lipinski definition) is 3. The summed E-state index contributed by atoms with van der Waals surface area (Å²) in [4.78, 5) is 11.9. The van der Waals surface area contributed by atoms with Crippen LogP contribution in [0.3, 0.4) is 0 Å². The minimum atomic E-state index is -0.876. The van der Waals surface area contributed by atoms with Crippen molar-refractivity contribution >= 4 is 5.78 Å². The van der Waals surface area contributed by atoms with Gasteiger partial charge in [-0.15, -0.1) is 0 Å². The van der Waals surface area contributed by atoms with Gasteiger partial charge in [-0.25, -0.2) is 0 Å². The number of ketones is 1. The average Bonchev–Trinajstić information content (AvgIpc) is 3.19. The van der Waals surface area contributed by atoms with Crippen LogP contribution in [0.1, 0.15) is 58.8 Å². The zero-order valence-electron chi connectivity index (χ0n) is 14.9. The maximum Gasteiger partial charge on any atom is 0.155 e. The molecular formula is C21H30O3. The van der Waals surface area contributed by atoms with Gasteiger partial charge in [-0.05, 0) is 79.6 Å². The average molecular weight is 330 g/mol. The third-order valence-electron chi connectivity index (χ3n) is 9.30. The van der Waals surface area contributed by atoms with Gasteiger partial charge < -0.3 is 10.2 Å². The highest BCUT2D eigenvalue weighted by Crippen LogP contribution is 2.84. The molecule has 0 aromatic rings. The summed E-state index contributed by atoms with van der Waals surface area (Å²) in [5.74, 6) is 3.47. The summed E-state index contributed by atoms with van der Waals surface area (Å²) >= 11 is 0. The fraction of sp³-hybridized carbons (Fsp3) is 0.857. The van der Waals surface area contributed by atoms with Crippen molar-refractivity contribution in [1.82, 2.24) is 0 Å².